The van der Waals surface area contributed by atoms with Crippen LogP contribution in [0.2, 0.25) is 0 Å². The molecule has 3 nitrogen and oxygen atoms in total. The van der Waals surface area contributed by atoms with Gasteiger partial charge in [-0.3, -0.25) is 0 Å². The molecule has 1 rings (SSSR count). The van der Waals surface area contributed by atoms with Crippen molar-refractivity contribution in [3.05, 3.63) is 29.8 Å². The van der Waals surface area contributed by atoms with Gasteiger partial charge in [-0.1, -0.05) is 19.1 Å². The first-order valence-electron chi connectivity index (χ1n) is 6.18. The van der Waals surface area contributed by atoms with Gasteiger partial charge >= 0.3 is 0 Å². The molecule has 0 spiro atoms. The van der Waals surface area contributed by atoms with Crippen LogP contribution in [-0.4, -0.2) is 42.9 Å². The third kappa shape index (κ3) is 5.71. The molecule has 0 aliphatic heterocycles. The molecule has 1 aromatic rings. The maximum atomic E-state index is 9.81. The maximum absolute atomic E-state index is 9.81. The van der Waals surface area contributed by atoms with Crippen LogP contribution in [0.5, 0.6) is 5.75 Å². The number of rotatable bonds is 7. The molecule has 1 aromatic carbocycles. The van der Waals surface area contributed by atoms with Gasteiger partial charge in [-0.05, 0) is 44.6 Å². The van der Waals surface area contributed by atoms with Crippen molar-refractivity contribution in [2.75, 3.05) is 26.7 Å². The molecule has 0 heterocycles. The monoisotopic (exact) mass is 237 g/mol. The number of hydrogen-bond acceptors (Lipinski definition) is 3. The SMILES string of the molecule is CCCN(C)CC(O)COc1cccc(C)c1. The Hall–Kier alpha value is -1.06. The second kappa shape index (κ2) is 7.30. The Morgan fingerprint density at radius 2 is 2.18 bits per heavy atom. The average Bonchev–Trinajstić information content (AvgIpc) is 2.27. The van der Waals surface area contributed by atoms with Crippen molar-refractivity contribution in [2.45, 2.75) is 26.4 Å². The Bertz CT molecular complexity index is 328. The molecular formula is C14H23NO2. The predicted octanol–water partition coefficient (Wildman–Crippen LogP) is 2.08. The van der Waals surface area contributed by atoms with Crippen molar-refractivity contribution < 1.29 is 9.84 Å². The molecule has 1 atom stereocenters. The first kappa shape index (κ1) is 14.0. The quantitative estimate of drug-likeness (QED) is 0.788. The summed E-state index contributed by atoms with van der Waals surface area (Å²) in [5, 5.41) is 9.81. The van der Waals surface area contributed by atoms with E-state index in [9.17, 15) is 5.11 Å². The van der Waals surface area contributed by atoms with Crippen molar-refractivity contribution in [1.29, 1.82) is 0 Å². The fourth-order valence-electron chi connectivity index (χ4n) is 1.78. The lowest BCUT2D eigenvalue weighted by atomic mass is 10.2. The third-order valence-electron chi connectivity index (χ3n) is 2.56. The van der Waals surface area contributed by atoms with Gasteiger partial charge in [-0.15, -0.1) is 0 Å². The number of aryl methyl sites for hydroxylation is 1. The molecule has 3 heteroatoms. The van der Waals surface area contributed by atoms with Crippen LogP contribution in [0.25, 0.3) is 0 Å². The van der Waals surface area contributed by atoms with Crippen LogP contribution in [0.3, 0.4) is 0 Å². The molecule has 0 fully saturated rings. The molecule has 0 saturated carbocycles. The van der Waals surface area contributed by atoms with Crippen LogP contribution in [0.4, 0.5) is 0 Å². The van der Waals surface area contributed by atoms with Gasteiger partial charge in [0.25, 0.3) is 0 Å². The summed E-state index contributed by atoms with van der Waals surface area (Å²) in [5.74, 6) is 0.821. The smallest absolute Gasteiger partial charge is 0.119 e. The highest BCUT2D eigenvalue weighted by Gasteiger charge is 2.08. The van der Waals surface area contributed by atoms with E-state index in [1.807, 2.05) is 38.2 Å². The lowest BCUT2D eigenvalue weighted by molar-refractivity contribution is 0.0764. The van der Waals surface area contributed by atoms with Crippen molar-refractivity contribution >= 4 is 0 Å². The number of nitrogens with zero attached hydrogens (tertiary/aromatic N) is 1. The Kier molecular flexibility index (Phi) is 6.01. The average molecular weight is 237 g/mol. The summed E-state index contributed by atoms with van der Waals surface area (Å²) in [4.78, 5) is 2.12. The Morgan fingerprint density at radius 1 is 1.41 bits per heavy atom. The van der Waals surface area contributed by atoms with Crippen LogP contribution in [-0.2, 0) is 0 Å². The molecule has 1 unspecified atom stereocenters. The Morgan fingerprint density at radius 3 is 2.82 bits per heavy atom. The Labute approximate surface area is 104 Å². The predicted molar refractivity (Wildman–Crippen MR) is 70.5 cm³/mol. The topological polar surface area (TPSA) is 32.7 Å². The number of aliphatic hydroxyl groups is 1. The summed E-state index contributed by atoms with van der Waals surface area (Å²) in [6.07, 6.45) is 0.661. The van der Waals surface area contributed by atoms with Crippen LogP contribution < -0.4 is 4.74 Å². The van der Waals surface area contributed by atoms with Gasteiger partial charge in [-0.2, -0.15) is 0 Å². The molecule has 0 amide bonds. The van der Waals surface area contributed by atoms with Crippen LogP contribution in [0.1, 0.15) is 18.9 Å². The molecule has 0 bridgehead atoms. The van der Waals surface area contributed by atoms with Gasteiger partial charge in [0.2, 0.25) is 0 Å². The summed E-state index contributed by atoms with van der Waals surface area (Å²) >= 11 is 0. The maximum Gasteiger partial charge on any atom is 0.119 e. The van der Waals surface area contributed by atoms with Gasteiger partial charge in [0.05, 0.1) is 0 Å². The lowest BCUT2D eigenvalue weighted by Gasteiger charge is -2.20. The minimum atomic E-state index is -0.438. The van der Waals surface area contributed by atoms with E-state index in [0.29, 0.717) is 13.2 Å². The van der Waals surface area contributed by atoms with E-state index < -0.39 is 6.10 Å². The first-order chi connectivity index (χ1) is 8.11. The second-order valence-corrected chi connectivity index (χ2v) is 4.54. The van der Waals surface area contributed by atoms with E-state index in [1.165, 1.54) is 5.56 Å². The summed E-state index contributed by atoms with van der Waals surface area (Å²) < 4.78 is 5.55. The largest absolute Gasteiger partial charge is 0.491 e. The zero-order chi connectivity index (χ0) is 12.7. The molecule has 17 heavy (non-hydrogen) atoms. The summed E-state index contributed by atoms with van der Waals surface area (Å²) in [7, 11) is 2.01. The summed E-state index contributed by atoms with van der Waals surface area (Å²) in [6, 6.07) is 7.87. The number of likely N-dealkylation sites (N-methyl/N-ethyl adjacent to an activating group) is 1. The minimum Gasteiger partial charge on any atom is -0.491 e. The lowest BCUT2D eigenvalue weighted by Crippen LogP contribution is -2.33. The van der Waals surface area contributed by atoms with Crippen LogP contribution >= 0.6 is 0 Å². The number of hydrogen-bond donors (Lipinski definition) is 1. The van der Waals surface area contributed by atoms with Crippen molar-refractivity contribution in [1.82, 2.24) is 4.90 Å². The molecule has 0 aromatic heterocycles. The van der Waals surface area contributed by atoms with Gasteiger partial charge in [-0.25, -0.2) is 0 Å². The molecule has 0 aliphatic rings. The highest BCUT2D eigenvalue weighted by molar-refractivity contribution is 5.27. The van der Waals surface area contributed by atoms with Crippen LogP contribution in [0, 0.1) is 6.92 Å². The molecule has 0 aliphatic carbocycles. The first-order valence-corrected chi connectivity index (χ1v) is 6.18. The molecule has 96 valence electrons. The zero-order valence-electron chi connectivity index (χ0n) is 11.0. The van der Waals surface area contributed by atoms with Gasteiger partial charge in [0.15, 0.2) is 0 Å². The van der Waals surface area contributed by atoms with Crippen LogP contribution in [0.15, 0.2) is 24.3 Å². The zero-order valence-corrected chi connectivity index (χ0v) is 11.0. The number of aliphatic hydroxyl groups excluding tert-OH is 1. The van der Waals surface area contributed by atoms with Crippen molar-refractivity contribution in [3.8, 4) is 5.75 Å². The Balaban J connectivity index is 2.30. The fourth-order valence-corrected chi connectivity index (χ4v) is 1.78. The third-order valence-corrected chi connectivity index (χ3v) is 2.56. The van der Waals surface area contributed by atoms with E-state index in [4.69, 9.17) is 4.74 Å². The fraction of sp³-hybridized carbons (Fsp3) is 0.571. The molecule has 1 N–H and O–H groups in total. The highest BCUT2D eigenvalue weighted by atomic mass is 16.5. The molecular weight excluding hydrogens is 214 g/mol. The van der Waals surface area contributed by atoms with E-state index in [-0.39, 0.29) is 0 Å². The van der Waals surface area contributed by atoms with E-state index in [2.05, 4.69) is 11.8 Å². The van der Waals surface area contributed by atoms with Gasteiger partial charge in [0.1, 0.15) is 18.5 Å². The van der Waals surface area contributed by atoms with E-state index >= 15 is 0 Å². The second-order valence-electron chi connectivity index (χ2n) is 4.54. The summed E-state index contributed by atoms with van der Waals surface area (Å²) in [5.41, 5.74) is 1.17. The van der Waals surface area contributed by atoms with Gasteiger partial charge in [0, 0.05) is 6.54 Å². The number of benzene rings is 1. The highest BCUT2D eigenvalue weighted by Crippen LogP contribution is 2.12. The van der Waals surface area contributed by atoms with E-state index in [0.717, 1.165) is 18.7 Å². The minimum absolute atomic E-state index is 0.345. The van der Waals surface area contributed by atoms with Crippen molar-refractivity contribution in [2.24, 2.45) is 0 Å². The summed E-state index contributed by atoms with van der Waals surface area (Å²) in [6.45, 7) is 6.16. The van der Waals surface area contributed by atoms with Crippen molar-refractivity contribution in [3.63, 3.8) is 0 Å². The molecule has 0 radical (unpaired) electrons. The standard InChI is InChI=1S/C14H23NO2/c1-4-8-15(3)10-13(16)11-17-14-7-5-6-12(2)9-14/h5-7,9,13,16H,4,8,10-11H2,1-3H3. The van der Waals surface area contributed by atoms with Gasteiger partial charge < -0.3 is 14.7 Å². The molecule has 0 saturated heterocycles. The van der Waals surface area contributed by atoms with E-state index in [1.54, 1.807) is 0 Å². The normalized spacial score (nSPS) is 12.8. The number of ether oxygens (including phenoxy) is 1.